The van der Waals surface area contributed by atoms with E-state index >= 15 is 0 Å². The second-order valence-electron chi connectivity index (χ2n) is 4.65. The van der Waals surface area contributed by atoms with Crippen molar-refractivity contribution in [3.05, 3.63) is 63.7 Å². The zero-order valence-corrected chi connectivity index (χ0v) is 11.3. The molecule has 0 atom stereocenters. The average molecular weight is 273 g/mol. The second kappa shape index (κ2) is 4.71. The molecule has 3 heteroatoms. The normalized spacial score (nSPS) is 13.5. The SMILES string of the molecule is COc1ccc2c(c1)CCc1cc(Cl)ccc1C2=O. The number of carbonyl (C=O) groups is 1. The van der Waals surface area contributed by atoms with E-state index in [1.807, 2.05) is 30.3 Å². The number of aryl methyl sites for hydroxylation is 2. The van der Waals surface area contributed by atoms with E-state index in [2.05, 4.69) is 0 Å². The van der Waals surface area contributed by atoms with Crippen molar-refractivity contribution in [2.24, 2.45) is 0 Å². The maximum absolute atomic E-state index is 12.6. The summed E-state index contributed by atoms with van der Waals surface area (Å²) in [6, 6.07) is 11.1. The summed E-state index contributed by atoms with van der Waals surface area (Å²) in [5.41, 5.74) is 3.58. The summed E-state index contributed by atoms with van der Waals surface area (Å²) in [6.45, 7) is 0. The van der Waals surface area contributed by atoms with Crippen LogP contribution in [0.1, 0.15) is 27.0 Å². The predicted molar refractivity (Wildman–Crippen MR) is 75.3 cm³/mol. The van der Waals surface area contributed by atoms with Crippen molar-refractivity contribution < 1.29 is 9.53 Å². The second-order valence-corrected chi connectivity index (χ2v) is 5.09. The molecule has 0 saturated carbocycles. The highest BCUT2D eigenvalue weighted by Gasteiger charge is 2.21. The van der Waals surface area contributed by atoms with Crippen molar-refractivity contribution >= 4 is 17.4 Å². The summed E-state index contributed by atoms with van der Waals surface area (Å²) in [5, 5.41) is 0.676. The molecule has 0 radical (unpaired) electrons. The van der Waals surface area contributed by atoms with Crippen molar-refractivity contribution in [2.75, 3.05) is 7.11 Å². The van der Waals surface area contributed by atoms with Crippen LogP contribution in [0.25, 0.3) is 0 Å². The number of ketones is 1. The van der Waals surface area contributed by atoms with Crippen LogP contribution in [0, 0.1) is 0 Å². The molecular weight excluding hydrogens is 260 g/mol. The monoisotopic (exact) mass is 272 g/mol. The van der Waals surface area contributed by atoms with Crippen LogP contribution >= 0.6 is 11.6 Å². The first-order valence-corrected chi connectivity index (χ1v) is 6.57. The fourth-order valence-corrected chi connectivity index (χ4v) is 2.73. The minimum Gasteiger partial charge on any atom is -0.497 e. The van der Waals surface area contributed by atoms with Gasteiger partial charge < -0.3 is 4.74 Å². The first kappa shape index (κ1) is 12.2. The van der Waals surface area contributed by atoms with Crippen molar-refractivity contribution in [3.63, 3.8) is 0 Å². The first-order chi connectivity index (χ1) is 9.19. The summed E-state index contributed by atoms with van der Waals surface area (Å²) in [6.07, 6.45) is 1.65. The fourth-order valence-electron chi connectivity index (χ4n) is 2.53. The third kappa shape index (κ3) is 2.13. The molecule has 3 rings (SSSR count). The summed E-state index contributed by atoms with van der Waals surface area (Å²) >= 11 is 6.01. The zero-order valence-electron chi connectivity index (χ0n) is 10.6. The largest absolute Gasteiger partial charge is 0.497 e. The van der Waals surface area contributed by atoms with Gasteiger partial charge in [0.25, 0.3) is 0 Å². The average Bonchev–Trinajstić information content (AvgIpc) is 2.56. The van der Waals surface area contributed by atoms with Crippen molar-refractivity contribution in [2.45, 2.75) is 12.8 Å². The highest BCUT2D eigenvalue weighted by molar-refractivity contribution is 6.30. The van der Waals surface area contributed by atoms with Gasteiger partial charge in [0.15, 0.2) is 5.78 Å². The lowest BCUT2D eigenvalue weighted by atomic mass is 9.99. The lowest BCUT2D eigenvalue weighted by Crippen LogP contribution is -2.04. The maximum Gasteiger partial charge on any atom is 0.193 e. The van der Waals surface area contributed by atoms with Gasteiger partial charge in [0.05, 0.1) is 7.11 Å². The Labute approximate surface area is 117 Å². The van der Waals surface area contributed by atoms with Crippen molar-refractivity contribution in [3.8, 4) is 5.75 Å². The molecule has 0 saturated heterocycles. The smallest absolute Gasteiger partial charge is 0.193 e. The summed E-state index contributed by atoms with van der Waals surface area (Å²) in [5.74, 6) is 0.859. The van der Waals surface area contributed by atoms with Crippen LogP contribution in [0.2, 0.25) is 5.02 Å². The van der Waals surface area contributed by atoms with Gasteiger partial charge in [0.1, 0.15) is 5.75 Å². The van der Waals surface area contributed by atoms with Gasteiger partial charge in [-0.2, -0.15) is 0 Å². The zero-order chi connectivity index (χ0) is 13.4. The van der Waals surface area contributed by atoms with Gasteiger partial charge in [-0.3, -0.25) is 4.79 Å². The number of fused-ring (bicyclic) bond motifs is 2. The molecule has 0 aliphatic heterocycles. The molecule has 0 unspecified atom stereocenters. The van der Waals surface area contributed by atoms with Crippen LogP contribution in [0.5, 0.6) is 5.75 Å². The molecule has 2 aromatic rings. The van der Waals surface area contributed by atoms with E-state index in [1.165, 1.54) is 0 Å². The van der Waals surface area contributed by atoms with Crippen LogP contribution in [0.15, 0.2) is 36.4 Å². The highest BCUT2D eigenvalue weighted by Crippen LogP contribution is 2.28. The van der Waals surface area contributed by atoms with E-state index in [1.54, 1.807) is 13.2 Å². The Kier molecular flexibility index (Phi) is 3.03. The lowest BCUT2D eigenvalue weighted by molar-refractivity contribution is 0.103. The number of ether oxygens (including phenoxy) is 1. The van der Waals surface area contributed by atoms with Crippen molar-refractivity contribution in [1.29, 1.82) is 0 Å². The van der Waals surface area contributed by atoms with Crippen LogP contribution < -0.4 is 4.74 Å². The van der Waals surface area contributed by atoms with Crippen molar-refractivity contribution in [1.82, 2.24) is 0 Å². The Morgan fingerprint density at radius 1 is 1.00 bits per heavy atom. The lowest BCUT2D eigenvalue weighted by Gasteiger charge is -2.07. The predicted octanol–water partition coefficient (Wildman–Crippen LogP) is 3.68. The third-order valence-corrected chi connectivity index (χ3v) is 3.77. The molecular formula is C16H13ClO2. The number of benzene rings is 2. The van der Waals surface area contributed by atoms with Gasteiger partial charge in [-0.05, 0) is 60.4 Å². The van der Waals surface area contributed by atoms with Gasteiger partial charge in [0.2, 0.25) is 0 Å². The van der Waals surface area contributed by atoms with Gasteiger partial charge in [-0.15, -0.1) is 0 Å². The molecule has 0 heterocycles. The highest BCUT2D eigenvalue weighted by atomic mass is 35.5. The summed E-state index contributed by atoms with van der Waals surface area (Å²) in [4.78, 5) is 12.6. The van der Waals surface area contributed by atoms with Crippen LogP contribution in [-0.4, -0.2) is 12.9 Å². The number of hydrogen-bond donors (Lipinski definition) is 0. The van der Waals surface area contributed by atoms with Crippen LogP contribution in [-0.2, 0) is 12.8 Å². The molecule has 96 valence electrons. The quantitative estimate of drug-likeness (QED) is 0.792. The van der Waals surface area contributed by atoms with E-state index in [0.29, 0.717) is 5.02 Å². The molecule has 0 spiro atoms. The molecule has 1 aliphatic carbocycles. The Morgan fingerprint density at radius 2 is 1.63 bits per heavy atom. The minimum absolute atomic E-state index is 0.0711. The summed E-state index contributed by atoms with van der Waals surface area (Å²) in [7, 11) is 1.63. The number of methoxy groups -OCH3 is 1. The molecule has 19 heavy (non-hydrogen) atoms. The molecule has 1 aliphatic rings. The van der Waals surface area contributed by atoms with E-state index < -0.39 is 0 Å². The molecule has 2 nitrogen and oxygen atoms in total. The number of carbonyl (C=O) groups excluding carboxylic acids is 1. The topological polar surface area (TPSA) is 26.3 Å². The standard InChI is InChI=1S/C16H13ClO2/c1-19-13-5-7-15-11(9-13)3-2-10-8-12(17)4-6-14(10)16(15)18/h4-9H,2-3H2,1H3. The molecule has 0 N–H and O–H groups in total. The van der Waals surface area contributed by atoms with Gasteiger partial charge in [-0.1, -0.05) is 11.6 Å². The van der Waals surface area contributed by atoms with E-state index in [9.17, 15) is 4.79 Å². The molecule has 2 aromatic carbocycles. The van der Waals surface area contributed by atoms with Crippen LogP contribution in [0.3, 0.4) is 0 Å². The van der Waals surface area contributed by atoms with Gasteiger partial charge >= 0.3 is 0 Å². The van der Waals surface area contributed by atoms with Crippen LogP contribution in [0.4, 0.5) is 0 Å². The van der Waals surface area contributed by atoms with Gasteiger partial charge in [-0.25, -0.2) is 0 Å². The fraction of sp³-hybridized carbons (Fsp3) is 0.188. The first-order valence-electron chi connectivity index (χ1n) is 6.19. The van der Waals surface area contributed by atoms with E-state index in [4.69, 9.17) is 16.3 Å². The minimum atomic E-state index is 0.0711. The molecule has 0 fully saturated rings. The number of hydrogen-bond acceptors (Lipinski definition) is 2. The molecule has 0 amide bonds. The Morgan fingerprint density at radius 3 is 2.32 bits per heavy atom. The molecule has 0 bridgehead atoms. The Bertz CT molecular complexity index is 662. The maximum atomic E-state index is 12.6. The number of halogens is 1. The number of rotatable bonds is 1. The Balaban J connectivity index is 2.13. The van der Waals surface area contributed by atoms with E-state index in [0.717, 1.165) is 40.8 Å². The van der Waals surface area contributed by atoms with Gasteiger partial charge in [0, 0.05) is 16.1 Å². The van der Waals surface area contributed by atoms with E-state index in [-0.39, 0.29) is 5.78 Å². The Hall–Kier alpha value is -1.80. The molecule has 0 aromatic heterocycles. The third-order valence-electron chi connectivity index (χ3n) is 3.53. The summed E-state index contributed by atoms with van der Waals surface area (Å²) < 4.78 is 5.22.